The van der Waals surface area contributed by atoms with Gasteiger partial charge < -0.3 is 0 Å². The zero-order valence-corrected chi connectivity index (χ0v) is 11.9. The first-order valence-corrected chi connectivity index (χ1v) is 6.59. The highest BCUT2D eigenvalue weighted by Gasteiger charge is 2.10. The van der Waals surface area contributed by atoms with E-state index in [9.17, 15) is 0 Å². The SMILES string of the molecule is Cc1cc(Cl)n2ncc(-c3cccc(Br)c3)c2n1. The number of rotatable bonds is 1. The van der Waals surface area contributed by atoms with E-state index in [4.69, 9.17) is 11.6 Å². The van der Waals surface area contributed by atoms with Crippen molar-refractivity contribution in [2.45, 2.75) is 6.92 Å². The van der Waals surface area contributed by atoms with E-state index < -0.39 is 0 Å². The molecule has 0 bridgehead atoms. The average Bonchev–Trinajstić information content (AvgIpc) is 2.72. The Balaban J connectivity index is 2.30. The summed E-state index contributed by atoms with van der Waals surface area (Å²) < 4.78 is 2.67. The van der Waals surface area contributed by atoms with E-state index >= 15 is 0 Å². The van der Waals surface area contributed by atoms with Gasteiger partial charge in [-0.15, -0.1) is 0 Å². The maximum atomic E-state index is 6.15. The molecule has 0 aliphatic carbocycles. The van der Waals surface area contributed by atoms with Crippen molar-refractivity contribution >= 4 is 33.2 Å². The van der Waals surface area contributed by atoms with Gasteiger partial charge in [0.25, 0.3) is 0 Å². The maximum absolute atomic E-state index is 6.15. The Bertz CT molecular complexity index is 736. The molecule has 3 rings (SSSR count). The van der Waals surface area contributed by atoms with Crippen molar-refractivity contribution < 1.29 is 0 Å². The van der Waals surface area contributed by atoms with Crippen LogP contribution in [0.4, 0.5) is 0 Å². The molecule has 3 nitrogen and oxygen atoms in total. The molecule has 0 saturated carbocycles. The van der Waals surface area contributed by atoms with E-state index in [0.717, 1.165) is 26.9 Å². The van der Waals surface area contributed by atoms with Crippen molar-refractivity contribution in [1.29, 1.82) is 0 Å². The van der Waals surface area contributed by atoms with E-state index in [1.807, 2.05) is 31.2 Å². The van der Waals surface area contributed by atoms with Gasteiger partial charge in [0.2, 0.25) is 0 Å². The molecule has 0 aliphatic rings. The van der Waals surface area contributed by atoms with Gasteiger partial charge in [-0.25, -0.2) is 9.50 Å². The number of benzene rings is 1. The lowest BCUT2D eigenvalue weighted by molar-refractivity contribution is 0.930. The first kappa shape index (κ1) is 11.7. The fourth-order valence-electron chi connectivity index (χ4n) is 1.90. The molecule has 2 aromatic heterocycles. The number of hydrogen-bond acceptors (Lipinski definition) is 2. The van der Waals surface area contributed by atoms with E-state index in [1.54, 1.807) is 16.8 Å². The third-order valence-electron chi connectivity index (χ3n) is 2.69. The van der Waals surface area contributed by atoms with Crippen LogP contribution in [0.25, 0.3) is 16.8 Å². The van der Waals surface area contributed by atoms with Gasteiger partial charge in [-0.1, -0.05) is 39.7 Å². The van der Waals surface area contributed by atoms with Crippen molar-refractivity contribution in [3.05, 3.63) is 51.8 Å². The molecule has 0 amide bonds. The lowest BCUT2D eigenvalue weighted by atomic mass is 10.1. The molecule has 5 heteroatoms. The predicted molar refractivity (Wildman–Crippen MR) is 75.9 cm³/mol. The number of fused-ring (bicyclic) bond motifs is 1. The van der Waals surface area contributed by atoms with Gasteiger partial charge in [-0.3, -0.25) is 0 Å². The van der Waals surface area contributed by atoms with E-state index in [-0.39, 0.29) is 0 Å². The molecule has 0 aliphatic heterocycles. The van der Waals surface area contributed by atoms with Crippen molar-refractivity contribution in [2.24, 2.45) is 0 Å². The fourth-order valence-corrected chi connectivity index (χ4v) is 2.58. The fraction of sp³-hybridized carbons (Fsp3) is 0.0769. The second-order valence-electron chi connectivity index (χ2n) is 4.02. The number of nitrogens with zero attached hydrogens (tertiary/aromatic N) is 3. The molecule has 3 aromatic rings. The van der Waals surface area contributed by atoms with Crippen molar-refractivity contribution in [2.75, 3.05) is 0 Å². The van der Waals surface area contributed by atoms with Crippen LogP contribution < -0.4 is 0 Å². The van der Waals surface area contributed by atoms with Gasteiger partial charge in [-0.05, 0) is 30.7 Å². The highest BCUT2D eigenvalue weighted by atomic mass is 79.9. The second kappa shape index (κ2) is 4.37. The van der Waals surface area contributed by atoms with Gasteiger partial charge in [0, 0.05) is 15.7 Å². The standard InChI is InChI=1S/C13H9BrClN3/c1-8-5-12(15)18-13(17-8)11(7-16-18)9-3-2-4-10(14)6-9/h2-7H,1H3. The molecular formula is C13H9BrClN3. The quantitative estimate of drug-likeness (QED) is 0.631. The summed E-state index contributed by atoms with van der Waals surface area (Å²) in [7, 11) is 0. The van der Waals surface area contributed by atoms with Gasteiger partial charge in [-0.2, -0.15) is 5.10 Å². The normalized spacial score (nSPS) is 11.1. The Labute approximate surface area is 118 Å². The summed E-state index contributed by atoms with van der Waals surface area (Å²) in [5.41, 5.74) is 3.69. The zero-order valence-electron chi connectivity index (χ0n) is 9.56. The molecule has 1 aromatic carbocycles. The molecule has 0 unspecified atom stereocenters. The number of aromatic nitrogens is 3. The molecule has 0 spiro atoms. The maximum Gasteiger partial charge on any atom is 0.164 e. The summed E-state index contributed by atoms with van der Waals surface area (Å²) in [6, 6.07) is 9.84. The number of hydrogen-bond donors (Lipinski definition) is 0. The Morgan fingerprint density at radius 1 is 1.28 bits per heavy atom. The monoisotopic (exact) mass is 321 g/mol. The Hall–Kier alpha value is -1.39. The summed E-state index contributed by atoms with van der Waals surface area (Å²) in [5.74, 6) is 0. The Morgan fingerprint density at radius 3 is 2.89 bits per heavy atom. The molecule has 0 atom stereocenters. The van der Waals surface area contributed by atoms with Crippen LogP contribution >= 0.6 is 27.5 Å². The third-order valence-corrected chi connectivity index (χ3v) is 3.45. The van der Waals surface area contributed by atoms with Crippen LogP contribution in [0.1, 0.15) is 5.69 Å². The van der Waals surface area contributed by atoms with E-state index in [1.165, 1.54) is 0 Å². The van der Waals surface area contributed by atoms with Crippen LogP contribution in [-0.2, 0) is 0 Å². The van der Waals surface area contributed by atoms with Crippen molar-refractivity contribution in [3.63, 3.8) is 0 Å². The molecule has 0 N–H and O–H groups in total. The minimum absolute atomic E-state index is 0.568. The topological polar surface area (TPSA) is 30.2 Å². The lowest BCUT2D eigenvalue weighted by Crippen LogP contribution is -1.94. The second-order valence-corrected chi connectivity index (χ2v) is 5.33. The van der Waals surface area contributed by atoms with Crippen LogP contribution in [0, 0.1) is 6.92 Å². The molecule has 2 heterocycles. The highest BCUT2D eigenvalue weighted by Crippen LogP contribution is 2.27. The lowest BCUT2D eigenvalue weighted by Gasteiger charge is -2.02. The van der Waals surface area contributed by atoms with Crippen LogP contribution in [-0.4, -0.2) is 14.6 Å². The van der Waals surface area contributed by atoms with Crippen LogP contribution in [0.3, 0.4) is 0 Å². The first-order chi connectivity index (χ1) is 8.65. The predicted octanol–water partition coefficient (Wildman–Crippen LogP) is 4.12. The highest BCUT2D eigenvalue weighted by molar-refractivity contribution is 9.10. The summed E-state index contributed by atoms with van der Waals surface area (Å²) in [4.78, 5) is 4.50. The van der Waals surface area contributed by atoms with Crippen LogP contribution in [0.2, 0.25) is 5.15 Å². The Morgan fingerprint density at radius 2 is 2.11 bits per heavy atom. The van der Waals surface area contributed by atoms with Crippen LogP contribution in [0.5, 0.6) is 0 Å². The zero-order chi connectivity index (χ0) is 12.7. The van der Waals surface area contributed by atoms with Gasteiger partial charge in [0.1, 0.15) is 5.15 Å². The molecule has 90 valence electrons. The molecule has 0 radical (unpaired) electrons. The van der Waals surface area contributed by atoms with E-state index in [0.29, 0.717) is 5.15 Å². The molecule has 18 heavy (non-hydrogen) atoms. The molecular weight excluding hydrogens is 314 g/mol. The van der Waals surface area contributed by atoms with E-state index in [2.05, 4.69) is 26.0 Å². The van der Waals surface area contributed by atoms with Gasteiger partial charge in [0.05, 0.1) is 6.20 Å². The Kier molecular flexibility index (Phi) is 2.84. The number of halogens is 2. The average molecular weight is 323 g/mol. The smallest absolute Gasteiger partial charge is 0.164 e. The van der Waals surface area contributed by atoms with Crippen molar-refractivity contribution in [1.82, 2.24) is 14.6 Å². The largest absolute Gasteiger partial charge is 0.233 e. The minimum Gasteiger partial charge on any atom is -0.233 e. The number of aryl methyl sites for hydroxylation is 1. The van der Waals surface area contributed by atoms with Gasteiger partial charge in [0.15, 0.2) is 5.65 Å². The molecule has 0 saturated heterocycles. The summed E-state index contributed by atoms with van der Waals surface area (Å²) in [5, 5.41) is 4.84. The first-order valence-electron chi connectivity index (χ1n) is 5.42. The van der Waals surface area contributed by atoms with Crippen molar-refractivity contribution in [3.8, 4) is 11.1 Å². The van der Waals surface area contributed by atoms with Gasteiger partial charge >= 0.3 is 0 Å². The van der Waals surface area contributed by atoms with Crippen LogP contribution in [0.15, 0.2) is 41.0 Å². The minimum atomic E-state index is 0.568. The summed E-state index contributed by atoms with van der Waals surface area (Å²) >= 11 is 9.61. The molecule has 0 fully saturated rings. The summed E-state index contributed by atoms with van der Waals surface area (Å²) in [6.07, 6.45) is 1.79. The third kappa shape index (κ3) is 1.91. The summed E-state index contributed by atoms with van der Waals surface area (Å²) in [6.45, 7) is 1.92.